The summed E-state index contributed by atoms with van der Waals surface area (Å²) in [5.41, 5.74) is 7.19. The van der Waals surface area contributed by atoms with E-state index in [1.807, 2.05) is 6.92 Å². The number of aryl methyl sites for hydroxylation is 1. The van der Waals surface area contributed by atoms with Crippen molar-refractivity contribution in [1.82, 2.24) is 5.43 Å². The highest BCUT2D eigenvalue weighted by Crippen LogP contribution is 2.28. The lowest BCUT2D eigenvalue weighted by atomic mass is 10.0. The Hall–Kier alpha value is -2.34. The van der Waals surface area contributed by atoms with Crippen LogP contribution >= 0.6 is 0 Å². The summed E-state index contributed by atoms with van der Waals surface area (Å²) in [6, 6.07) is 13.2. The fourth-order valence-corrected chi connectivity index (χ4v) is 4.67. The highest BCUT2D eigenvalue weighted by atomic mass is 32.2. The van der Waals surface area contributed by atoms with E-state index in [1.54, 1.807) is 48.5 Å². The van der Waals surface area contributed by atoms with Crippen molar-refractivity contribution in [1.29, 1.82) is 0 Å². The molecule has 2 N–H and O–H groups in total. The maximum absolute atomic E-state index is 12.6. The monoisotopic (exact) mass is 386 g/mol. The largest absolute Gasteiger partial charge is 0.299 e. The summed E-state index contributed by atoms with van der Waals surface area (Å²) in [6.45, 7) is 1.92. The van der Waals surface area contributed by atoms with E-state index in [-0.39, 0.29) is 15.7 Å². The van der Waals surface area contributed by atoms with Crippen molar-refractivity contribution in [2.45, 2.75) is 55.2 Å². The molecule has 1 fully saturated rings. The molecule has 0 aromatic heterocycles. The number of rotatable bonds is 7. The number of benzene rings is 2. The molecule has 1 aliphatic carbocycles. The van der Waals surface area contributed by atoms with Gasteiger partial charge in [0.1, 0.15) is 0 Å². The van der Waals surface area contributed by atoms with E-state index in [1.165, 1.54) is 25.7 Å². The van der Waals surface area contributed by atoms with Gasteiger partial charge in [0.2, 0.25) is 15.7 Å². The predicted molar refractivity (Wildman–Crippen MR) is 106 cm³/mol. The first kappa shape index (κ1) is 19.4. The highest BCUT2D eigenvalue weighted by molar-refractivity contribution is 7.91. The highest BCUT2D eigenvalue weighted by Gasteiger charge is 2.18. The molecule has 1 amide bonds. The summed E-state index contributed by atoms with van der Waals surface area (Å²) in [4.78, 5) is 12.4. The lowest BCUT2D eigenvalue weighted by molar-refractivity contribution is -0.120. The van der Waals surface area contributed by atoms with Crippen LogP contribution in [0.1, 0.15) is 44.1 Å². The van der Waals surface area contributed by atoms with E-state index in [4.69, 9.17) is 0 Å². The first-order valence-corrected chi connectivity index (χ1v) is 10.9. The number of sulfone groups is 1. The van der Waals surface area contributed by atoms with Gasteiger partial charge in [-0.3, -0.25) is 15.6 Å². The summed E-state index contributed by atoms with van der Waals surface area (Å²) in [7, 11) is -3.54. The third kappa shape index (κ3) is 5.10. The van der Waals surface area contributed by atoms with Crippen LogP contribution in [-0.2, 0) is 14.6 Å². The van der Waals surface area contributed by atoms with Crippen LogP contribution in [0.4, 0.5) is 5.69 Å². The number of carbonyl (C=O) groups is 1. The van der Waals surface area contributed by atoms with Gasteiger partial charge in [0, 0.05) is 6.42 Å². The van der Waals surface area contributed by atoms with Gasteiger partial charge in [0.25, 0.3) is 0 Å². The van der Waals surface area contributed by atoms with Gasteiger partial charge >= 0.3 is 0 Å². The topological polar surface area (TPSA) is 75.3 Å². The minimum atomic E-state index is -3.54. The van der Waals surface area contributed by atoms with Gasteiger partial charge in [-0.2, -0.15) is 0 Å². The number of anilines is 1. The van der Waals surface area contributed by atoms with Gasteiger partial charge < -0.3 is 0 Å². The van der Waals surface area contributed by atoms with Crippen LogP contribution in [0.25, 0.3) is 0 Å². The van der Waals surface area contributed by atoms with Crippen molar-refractivity contribution < 1.29 is 13.2 Å². The number of amides is 1. The lowest BCUT2D eigenvalue weighted by Crippen LogP contribution is -2.29. The fraction of sp³-hybridized carbons (Fsp3) is 0.381. The summed E-state index contributed by atoms with van der Waals surface area (Å²) in [5, 5.41) is 0. The Labute approximate surface area is 161 Å². The number of carbonyl (C=O) groups excluding carboxylic acids is 1. The van der Waals surface area contributed by atoms with E-state index in [0.29, 0.717) is 18.0 Å². The Kier molecular flexibility index (Phi) is 6.16. The molecule has 0 spiro atoms. The molecule has 0 unspecified atom stereocenters. The summed E-state index contributed by atoms with van der Waals surface area (Å²) in [5.74, 6) is 0.639. The molecule has 0 saturated heterocycles. The Bertz CT molecular complexity index is 869. The molecule has 3 rings (SSSR count). The van der Waals surface area contributed by atoms with Crippen LogP contribution in [-0.4, -0.2) is 14.3 Å². The number of hydrogen-bond acceptors (Lipinski definition) is 4. The second kappa shape index (κ2) is 8.57. The zero-order valence-electron chi connectivity index (χ0n) is 15.6. The van der Waals surface area contributed by atoms with Gasteiger partial charge in [-0.05, 0) is 55.7 Å². The normalized spacial score (nSPS) is 14.9. The summed E-state index contributed by atoms with van der Waals surface area (Å²) >= 11 is 0. The molecule has 0 heterocycles. The standard InChI is InChI=1S/C21H26N2O3S/c1-16-6-11-19(12-7-16)27(25,26)20-13-9-18(10-14-20)22-23-21(24)15-8-17-4-2-3-5-17/h6-7,9-14,17,22H,2-5,8,15H2,1H3,(H,23,24). The van der Waals surface area contributed by atoms with Crippen molar-refractivity contribution in [2.24, 2.45) is 5.92 Å². The molecule has 1 aliphatic rings. The third-order valence-electron chi connectivity index (χ3n) is 5.10. The number of nitrogens with one attached hydrogen (secondary N) is 2. The van der Waals surface area contributed by atoms with Crippen molar-refractivity contribution in [3.63, 3.8) is 0 Å². The van der Waals surface area contributed by atoms with E-state index >= 15 is 0 Å². The maximum atomic E-state index is 12.6. The van der Waals surface area contributed by atoms with Crippen LogP contribution < -0.4 is 10.9 Å². The second-order valence-corrected chi connectivity index (χ2v) is 9.15. The van der Waals surface area contributed by atoms with E-state index in [0.717, 1.165) is 12.0 Å². The second-order valence-electron chi connectivity index (χ2n) is 7.20. The van der Waals surface area contributed by atoms with Crippen LogP contribution in [0.5, 0.6) is 0 Å². The molecule has 0 bridgehead atoms. The minimum Gasteiger partial charge on any atom is -0.299 e. The first-order valence-electron chi connectivity index (χ1n) is 9.42. The van der Waals surface area contributed by atoms with Crippen molar-refractivity contribution in [3.8, 4) is 0 Å². The lowest BCUT2D eigenvalue weighted by Gasteiger charge is -2.11. The van der Waals surface area contributed by atoms with E-state index < -0.39 is 9.84 Å². The van der Waals surface area contributed by atoms with Crippen LogP contribution in [0.2, 0.25) is 0 Å². The predicted octanol–water partition coefficient (Wildman–Crippen LogP) is 4.24. The Morgan fingerprint density at radius 3 is 2.11 bits per heavy atom. The molecular weight excluding hydrogens is 360 g/mol. The molecule has 6 heteroatoms. The quantitative estimate of drug-likeness (QED) is 0.698. The summed E-state index contributed by atoms with van der Waals surface area (Å²) in [6.07, 6.45) is 6.47. The Morgan fingerprint density at radius 1 is 0.963 bits per heavy atom. The van der Waals surface area contributed by atoms with Crippen LogP contribution in [0.15, 0.2) is 58.3 Å². The molecule has 0 aliphatic heterocycles. The smallest absolute Gasteiger partial charge is 0.238 e. The van der Waals surface area contributed by atoms with Gasteiger partial charge in [-0.15, -0.1) is 0 Å². The molecule has 5 nitrogen and oxygen atoms in total. The molecular formula is C21H26N2O3S. The molecule has 0 atom stereocenters. The summed E-state index contributed by atoms with van der Waals surface area (Å²) < 4.78 is 25.3. The number of hydrazine groups is 1. The van der Waals surface area contributed by atoms with Crippen LogP contribution in [0.3, 0.4) is 0 Å². The average Bonchev–Trinajstić information content (AvgIpc) is 3.19. The molecule has 144 valence electrons. The zero-order chi connectivity index (χ0) is 19.3. The Balaban J connectivity index is 1.55. The SMILES string of the molecule is Cc1ccc(S(=O)(=O)c2ccc(NNC(=O)CCC3CCCC3)cc2)cc1. The molecule has 27 heavy (non-hydrogen) atoms. The molecule has 2 aromatic carbocycles. The number of hydrogen-bond donors (Lipinski definition) is 2. The molecule has 1 saturated carbocycles. The third-order valence-corrected chi connectivity index (χ3v) is 6.88. The maximum Gasteiger partial charge on any atom is 0.238 e. The van der Waals surface area contributed by atoms with Gasteiger partial charge in [-0.25, -0.2) is 8.42 Å². The van der Waals surface area contributed by atoms with Crippen molar-refractivity contribution >= 4 is 21.4 Å². The fourth-order valence-electron chi connectivity index (χ4n) is 3.41. The van der Waals surface area contributed by atoms with E-state index in [2.05, 4.69) is 10.9 Å². The first-order chi connectivity index (χ1) is 12.9. The van der Waals surface area contributed by atoms with E-state index in [9.17, 15) is 13.2 Å². The molecule has 2 aromatic rings. The van der Waals surface area contributed by atoms with Crippen molar-refractivity contribution in [3.05, 3.63) is 54.1 Å². The van der Waals surface area contributed by atoms with Gasteiger partial charge in [0.05, 0.1) is 15.5 Å². The minimum absolute atomic E-state index is 0.0433. The zero-order valence-corrected chi connectivity index (χ0v) is 16.4. The van der Waals surface area contributed by atoms with Gasteiger partial charge in [0.15, 0.2) is 0 Å². The van der Waals surface area contributed by atoms with Crippen molar-refractivity contribution in [2.75, 3.05) is 5.43 Å². The van der Waals surface area contributed by atoms with Gasteiger partial charge in [-0.1, -0.05) is 43.4 Å². The van der Waals surface area contributed by atoms with Crippen LogP contribution in [0, 0.1) is 12.8 Å². The molecule has 0 radical (unpaired) electrons. The Morgan fingerprint density at radius 2 is 1.52 bits per heavy atom. The average molecular weight is 387 g/mol.